The molecule has 2 saturated carbocycles. The summed E-state index contributed by atoms with van der Waals surface area (Å²) < 4.78 is 11.5. The van der Waals surface area contributed by atoms with Crippen molar-refractivity contribution in [2.45, 2.75) is 56.6 Å². The molecule has 0 radical (unpaired) electrons. The minimum absolute atomic E-state index is 0.0531. The van der Waals surface area contributed by atoms with Crippen LogP contribution in [0.5, 0.6) is 11.5 Å². The van der Waals surface area contributed by atoms with E-state index < -0.39 is 0 Å². The van der Waals surface area contributed by atoms with Crippen molar-refractivity contribution in [3.8, 4) is 11.5 Å². The molecular weight excluding hydrogens is 274 g/mol. The Morgan fingerprint density at radius 3 is 2.55 bits per heavy atom. The summed E-state index contributed by atoms with van der Waals surface area (Å²) in [6.45, 7) is 0. The fourth-order valence-electron chi connectivity index (χ4n) is 2.87. The largest absolute Gasteiger partial charge is 0.493 e. The van der Waals surface area contributed by atoms with Crippen LogP contribution in [0.3, 0.4) is 0 Å². The summed E-state index contributed by atoms with van der Waals surface area (Å²) in [7, 11) is 1.67. The smallest absolute Gasteiger partial charge is 0.163 e. The van der Waals surface area contributed by atoms with Crippen LogP contribution in [-0.2, 0) is 6.42 Å². The van der Waals surface area contributed by atoms with E-state index in [2.05, 4.69) is 0 Å². The van der Waals surface area contributed by atoms with Crippen LogP contribution in [0.1, 0.15) is 44.1 Å². The predicted molar refractivity (Wildman–Crippen MR) is 80.7 cm³/mol. The maximum absolute atomic E-state index is 6.39. The molecule has 0 atom stereocenters. The van der Waals surface area contributed by atoms with E-state index in [0.717, 1.165) is 54.2 Å². The Morgan fingerprint density at radius 2 is 1.95 bits per heavy atom. The van der Waals surface area contributed by atoms with E-state index in [1.807, 2.05) is 12.1 Å². The molecule has 3 nitrogen and oxygen atoms in total. The first-order valence-corrected chi connectivity index (χ1v) is 7.79. The Balaban J connectivity index is 1.80. The molecule has 0 bridgehead atoms. The molecule has 0 saturated heterocycles. The number of nitrogens with two attached hydrogens (primary N) is 1. The standard InChI is InChI=1S/C16H22ClNO2/c1-19-14-8-11(10-16(18)6-7-16)13(17)9-15(14)20-12-4-2-3-5-12/h8-9,12H,2-7,10,18H2,1H3. The molecule has 1 aromatic rings. The van der Waals surface area contributed by atoms with Gasteiger partial charge in [-0.2, -0.15) is 0 Å². The number of benzene rings is 1. The Hall–Kier alpha value is -0.930. The lowest BCUT2D eigenvalue weighted by Gasteiger charge is -2.18. The summed E-state index contributed by atoms with van der Waals surface area (Å²) in [6, 6.07) is 3.87. The average Bonchev–Trinajstić information content (AvgIpc) is 2.93. The lowest BCUT2D eigenvalue weighted by atomic mass is 10.0. The molecule has 4 heteroatoms. The van der Waals surface area contributed by atoms with Gasteiger partial charge in [0.25, 0.3) is 0 Å². The van der Waals surface area contributed by atoms with Crippen molar-refractivity contribution in [1.82, 2.24) is 0 Å². The Morgan fingerprint density at radius 1 is 1.25 bits per heavy atom. The predicted octanol–water partition coefficient (Wildman–Crippen LogP) is 3.70. The SMILES string of the molecule is COc1cc(CC2(N)CC2)c(Cl)cc1OC1CCCC1. The lowest BCUT2D eigenvalue weighted by Crippen LogP contribution is -2.24. The van der Waals surface area contributed by atoms with Gasteiger partial charge in [-0.05, 0) is 56.6 Å². The monoisotopic (exact) mass is 295 g/mol. The van der Waals surface area contributed by atoms with Crippen molar-refractivity contribution in [2.24, 2.45) is 5.73 Å². The van der Waals surface area contributed by atoms with Gasteiger partial charge in [0.15, 0.2) is 11.5 Å². The van der Waals surface area contributed by atoms with Gasteiger partial charge in [-0.3, -0.25) is 0 Å². The lowest BCUT2D eigenvalue weighted by molar-refractivity contribution is 0.200. The van der Waals surface area contributed by atoms with Gasteiger partial charge in [0.1, 0.15) is 0 Å². The van der Waals surface area contributed by atoms with E-state index in [1.54, 1.807) is 7.11 Å². The normalized spacial score (nSPS) is 20.9. The fourth-order valence-corrected chi connectivity index (χ4v) is 3.09. The van der Waals surface area contributed by atoms with Gasteiger partial charge in [-0.15, -0.1) is 0 Å². The van der Waals surface area contributed by atoms with E-state index in [-0.39, 0.29) is 5.54 Å². The zero-order chi connectivity index (χ0) is 14.2. The molecule has 2 aliphatic rings. The Kier molecular flexibility index (Phi) is 3.83. The quantitative estimate of drug-likeness (QED) is 0.901. The molecular formula is C16H22ClNO2. The highest BCUT2D eigenvalue weighted by Crippen LogP contribution is 2.41. The van der Waals surface area contributed by atoms with Gasteiger partial charge in [0.05, 0.1) is 13.2 Å². The zero-order valence-corrected chi connectivity index (χ0v) is 12.7. The first-order valence-electron chi connectivity index (χ1n) is 7.42. The number of methoxy groups -OCH3 is 1. The number of ether oxygens (including phenoxy) is 2. The first kappa shape index (κ1) is 14.0. The first-order chi connectivity index (χ1) is 9.59. The fraction of sp³-hybridized carbons (Fsp3) is 0.625. The highest BCUT2D eigenvalue weighted by Gasteiger charge is 2.38. The van der Waals surface area contributed by atoms with E-state index in [0.29, 0.717) is 6.10 Å². The molecule has 0 amide bonds. The maximum atomic E-state index is 6.39. The second-order valence-corrected chi connectivity index (χ2v) is 6.57. The number of hydrogen-bond acceptors (Lipinski definition) is 3. The van der Waals surface area contributed by atoms with Gasteiger partial charge in [0.2, 0.25) is 0 Å². The van der Waals surface area contributed by atoms with Crippen molar-refractivity contribution in [3.63, 3.8) is 0 Å². The van der Waals surface area contributed by atoms with Gasteiger partial charge in [-0.25, -0.2) is 0 Å². The van der Waals surface area contributed by atoms with Crippen molar-refractivity contribution in [1.29, 1.82) is 0 Å². The van der Waals surface area contributed by atoms with Crippen LogP contribution in [0, 0.1) is 0 Å². The number of rotatable bonds is 5. The van der Waals surface area contributed by atoms with Crippen LogP contribution in [0.25, 0.3) is 0 Å². The highest BCUT2D eigenvalue weighted by atomic mass is 35.5. The molecule has 0 heterocycles. The molecule has 0 aromatic heterocycles. The molecule has 20 heavy (non-hydrogen) atoms. The average molecular weight is 296 g/mol. The molecule has 1 aromatic carbocycles. The summed E-state index contributed by atoms with van der Waals surface area (Å²) in [5.41, 5.74) is 7.18. The highest BCUT2D eigenvalue weighted by molar-refractivity contribution is 6.31. The van der Waals surface area contributed by atoms with Crippen molar-refractivity contribution >= 4 is 11.6 Å². The summed E-state index contributed by atoms with van der Waals surface area (Å²) in [5.74, 6) is 1.52. The Bertz CT molecular complexity index is 493. The number of halogens is 1. The van der Waals surface area contributed by atoms with Crippen molar-refractivity contribution < 1.29 is 9.47 Å². The van der Waals surface area contributed by atoms with Crippen LogP contribution in [0.4, 0.5) is 0 Å². The van der Waals surface area contributed by atoms with Crippen LogP contribution in [0.15, 0.2) is 12.1 Å². The second kappa shape index (κ2) is 5.45. The second-order valence-electron chi connectivity index (χ2n) is 6.16. The van der Waals surface area contributed by atoms with E-state index in [4.69, 9.17) is 26.8 Å². The van der Waals surface area contributed by atoms with E-state index in [1.165, 1.54) is 12.8 Å². The van der Waals surface area contributed by atoms with Gasteiger partial charge in [0, 0.05) is 16.6 Å². The zero-order valence-electron chi connectivity index (χ0n) is 12.0. The van der Waals surface area contributed by atoms with Gasteiger partial charge < -0.3 is 15.2 Å². The molecule has 110 valence electrons. The topological polar surface area (TPSA) is 44.5 Å². The minimum Gasteiger partial charge on any atom is -0.493 e. The van der Waals surface area contributed by atoms with Crippen molar-refractivity contribution in [2.75, 3.05) is 7.11 Å². The summed E-state index contributed by atoms with van der Waals surface area (Å²) in [6.07, 6.45) is 7.99. The molecule has 3 rings (SSSR count). The third-order valence-corrected chi connectivity index (χ3v) is 4.72. The van der Waals surface area contributed by atoms with Crippen LogP contribution in [0.2, 0.25) is 5.02 Å². The minimum atomic E-state index is -0.0531. The van der Waals surface area contributed by atoms with Crippen molar-refractivity contribution in [3.05, 3.63) is 22.7 Å². The van der Waals surface area contributed by atoms with Crippen LogP contribution < -0.4 is 15.2 Å². The van der Waals surface area contributed by atoms with Gasteiger partial charge >= 0.3 is 0 Å². The van der Waals surface area contributed by atoms with Crippen LogP contribution >= 0.6 is 11.6 Å². The Labute approximate surface area is 125 Å². The molecule has 2 aliphatic carbocycles. The maximum Gasteiger partial charge on any atom is 0.163 e. The van der Waals surface area contributed by atoms with Crippen LogP contribution in [-0.4, -0.2) is 18.8 Å². The molecule has 2 N–H and O–H groups in total. The molecule has 2 fully saturated rings. The molecule has 0 unspecified atom stereocenters. The molecule has 0 spiro atoms. The summed E-state index contributed by atoms with van der Waals surface area (Å²) >= 11 is 6.39. The molecule has 0 aliphatic heterocycles. The van der Waals surface area contributed by atoms with E-state index in [9.17, 15) is 0 Å². The van der Waals surface area contributed by atoms with Gasteiger partial charge in [-0.1, -0.05) is 11.6 Å². The van der Waals surface area contributed by atoms with E-state index >= 15 is 0 Å². The summed E-state index contributed by atoms with van der Waals surface area (Å²) in [5, 5.41) is 0.732. The third kappa shape index (κ3) is 3.04. The third-order valence-electron chi connectivity index (χ3n) is 4.36. The number of hydrogen-bond donors (Lipinski definition) is 1. The summed E-state index contributed by atoms with van der Waals surface area (Å²) in [4.78, 5) is 0.